The van der Waals surface area contributed by atoms with Gasteiger partial charge < -0.3 is 4.57 Å². The van der Waals surface area contributed by atoms with Crippen LogP contribution in [0.4, 0.5) is 0 Å². The van der Waals surface area contributed by atoms with Gasteiger partial charge in [0.1, 0.15) is 0 Å². The van der Waals surface area contributed by atoms with Gasteiger partial charge in [0.15, 0.2) is 5.65 Å². The molecule has 0 spiro atoms. The number of imidazole rings is 1. The highest BCUT2D eigenvalue weighted by molar-refractivity contribution is 9.10. The van der Waals surface area contributed by atoms with Gasteiger partial charge in [0.25, 0.3) is 0 Å². The van der Waals surface area contributed by atoms with Gasteiger partial charge in [0.2, 0.25) is 0 Å². The van der Waals surface area contributed by atoms with Crippen LogP contribution in [0.5, 0.6) is 0 Å². The van der Waals surface area contributed by atoms with Gasteiger partial charge in [-0.15, -0.1) is 0 Å². The Labute approximate surface area is 78.6 Å². The summed E-state index contributed by atoms with van der Waals surface area (Å²) < 4.78 is 2.98. The van der Waals surface area contributed by atoms with Gasteiger partial charge >= 0.3 is 0 Å². The number of halogens is 1. The van der Waals surface area contributed by atoms with Crippen molar-refractivity contribution in [2.24, 2.45) is 7.05 Å². The fourth-order valence-electron chi connectivity index (χ4n) is 1.12. The highest BCUT2D eigenvalue weighted by Crippen LogP contribution is 2.19. The quantitative estimate of drug-likeness (QED) is 0.688. The molecule has 0 saturated carbocycles. The monoisotopic (exact) mass is 225 g/mol. The molecule has 0 aliphatic heterocycles. The average Bonchev–Trinajstić information content (AvgIpc) is 2.35. The van der Waals surface area contributed by atoms with Crippen molar-refractivity contribution in [1.82, 2.24) is 14.5 Å². The first-order valence-corrected chi connectivity index (χ1v) is 4.42. The van der Waals surface area contributed by atoms with Crippen LogP contribution < -0.4 is 0 Å². The molecule has 0 N–H and O–H groups in total. The summed E-state index contributed by atoms with van der Waals surface area (Å²) in [5.74, 6) is 0. The van der Waals surface area contributed by atoms with Crippen LogP contribution in [0.3, 0.4) is 0 Å². The summed E-state index contributed by atoms with van der Waals surface area (Å²) >= 11 is 3.43. The topological polar surface area (TPSA) is 30.7 Å². The van der Waals surface area contributed by atoms with Crippen molar-refractivity contribution in [2.45, 2.75) is 6.92 Å². The van der Waals surface area contributed by atoms with Gasteiger partial charge in [-0.2, -0.15) is 0 Å². The molecule has 2 rings (SSSR count). The SMILES string of the molecule is Cc1nc2ncn(C)c2cc1Br. The van der Waals surface area contributed by atoms with Crippen molar-refractivity contribution in [3.63, 3.8) is 0 Å². The molecule has 0 atom stereocenters. The molecule has 0 unspecified atom stereocenters. The first-order chi connectivity index (χ1) is 5.68. The van der Waals surface area contributed by atoms with E-state index in [9.17, 15) is 0 Å². The Morgan fingerprint density at radius 2 is 2.25 bits per heavy atom. The molecule has 3 nitrogen and oxygen atoms in total. The maximum absolute atomic E-state index is 4.32. The smallest absolute Gasteiger partial charge is 0.177 e. The Morgan fingerprint density at radius 3 is 3.00 bits per heavy atom. The lowest BCUT2D eigenvalue weighted by Gasteiger charge is -1.97. The van der Waals surface area contributed by atoms with E-state index in [1.807, 2.05) is 24.6 Å². The minimum Gasteiger partial charge on any atom is -0.332 e. The van der Waals surface area contributed by atoms with Crippen molar-refractivity contribution < 1.29 is 0 Å². The van der Waals surface area contributed by atoms with Crippen molar-refractivity contribution in [3.05, 3.63) is 22.6 Å². The van der Waals surface area contributed by atoms with E-state index in [1.165, 1.54) is 0 Å². The summed E-state index contributed by atoms with van der Waals surface area (Å²) in [6.45, 7) is 1.96. The van der Waals surface area contributed by atoms with Gasteiger partial charge in [0, 0.05) is 11.5 Å². The second-order valence-electron chi connectivity index (χ2n) is 2.75. The zero-order chi connectivity index (χ0) is 8.72. The molecule has 0 saturated heterocycles. The number of hydrogen-bond donors (Lipinski definition) is 0. The van der Waals surface area contributed by atoms with E-state index in [0.29, 0.717) is 0 Å². The number of aryl methyl sites for hydroxylation is 2. The molecule has 2 aromatic heterocycles. The second kappa shape index (κ2) is 2.55. The molecular weight excluding hydrogens is 218 g/mol. The predicted octanol–water partition coefficient (Wildman–Crippen LogP) is 2.04. The Morgan fingerprint density at radius 1 is 1.50 bits per heavy atom. The molecule has 0 radical (unpaired) electrons. The van der Waals surface area contributed by atoms with Gasteiger partial charge in [-0.3, -0.25) is 0 Å². The zero-order valence-electron chi connectivity index (χ0n) is 6.87. The van der Waals surface area contributed by atoms with Crippen LogP contribution in [-0.2, 0) is 7.05 Å². The van der Waals surface area contributed by atoms with E-state index in [0.717, 1.165) is 21.3 Å². The molecule has 12 heavy (non-hydrogen) atoms. The van der Waals surface area contributed by atoms with Crippen LogP contribution in [0, 0.1) is 6.92 Å². The number of rotatable bonds is 0. The molecule has 0 fully saturated rings. The summed E-state index contributed by atoms with van der Waals surface area (Å²) in [4.78, 5) is 8.47. The normalized spacial score (nSPS) is 10.9. The number of hydrogen-bond acceptors (Lipinski definition) is 2. The fourth-order valence-corrected chi connectivity index (χ4v) is 1.42. The van der Waals surface area contributed by atoms with Crippen LogP contribution >= 0.6 is 15.9 Å². The maximum atomic E-state index is 4.32. The standard InChI is InChI=1S/C8H8BrN3/c1-5-6(9)3-7-8(11-5)10-4-12(7)2/h3-4H,1-2H3. The van der Waals surface area contributed by atoms with E-state index in [1.54, 1.807) is 6.33 Å². The zero-order valence-corrected chi connectivity index (χ0v) is 8.46. The molecule has 0 bridgehead atoms. The lowest BCUT2D eigenvalue weighted by molar-refractivity contribution is 0.947. The Balaban J connectivity index is 2.87. The number of pyridine rings is 1. The van der Waals surface area contributed by atoms with Crippen LogP contribution in [0.1, 0.15) is 5.69 Å². The van der Waals surface area contributed by atoms with E-state index in [4.69, 9.17) is 0 Å². The largest absolute Gasteiger partial charge is 0.332 e. The molecule has 62 valence electrons. The summed E-state index contributed by atoms with van der Waals surface area (Å²) in [6.07, 6.45) is 1.77. The van der Waals surface area contributed by atoms with E-state index >= 15 is 0 Å². The lowest BCUT2D eigenvalue weighted by Crippen LogP contribution is -1.87. The summed E-state index contributed by atoms with van der Waals surface area (Å²) in [7, 11) is 1.96. The first-order valence-electron chi connectivity index (χ1n) is 3.62. The Hall–Kier alpha value is -0.900. The lowest BCUT2D eigenvalue weighted by atomic mass is 10.3. The second-order valence-corrected chi connectivity index (χ2v) is 3.61. The minimum absolute atomic E-state index is 0.804. The molecule has 2 heterocycles. The van der Waals surface area contributed by atoms with Gasteiger partial charge in [-0.05, 0) is 28.9 Å². The van der Waals surface area contributed by atoms with E-state index in [-0.39, 0.29) is 0 Å². The summed E-state index contributed by atoms with van der Waals surface area (Å²) in [5.41, 5.74) is 2.83. The van der Waals surface area contributed by atoms with Crippen LogP contribution in [0.25, 0.3) is 11.2 Å². The number of aromatic nitrogens is 3. The maximum Gasteiger partial charge on any atom is 0.177 e. The molecule has 4 heteroatoms. The van der Waals surface area contributed by atoms with Gasteiger partial charge in [-0.1, -0.05) is 0 Å². The van der Waals surface area contributed by atoms with E-state index in [2.05, 4.69) is 25.9 Å². The van der Waals surface area contributed by atoms with Crippen LogP contribution in [-0.4, -0.2) is 14.5 Å². The molecule has 0 aliphatic carbocycles. The molecule has 0 amide bonds. The molecule has 0 aliphatic rings. The average molecular weight is 226 g/mol. The van der Waals surface area contributed by atoms with Crippen molar-refractivity contribution in [3.8, 4) is 0 Å². The number of fused-ring (bicyclic) bond motifs is 1. The first kappa shape index (κ1) is 7.73. The number of nitrogens with zero attached hydrogens (tertiary/aromatic N) is 3. The van der Waals surface area contributed by atoms with Crippen molar-refractivity contribution >= 4 is 27.1 Å². The third kappa shape index (κ3) is 1.03. The van der Waals surface area contributed by atoms with Crippen LogP contribution in [0.2, 0.25) is 0 Å². The van der Waals surface area contributed by atoms with E-state index < -0.39 is 0 Å². The Kier molecular flexibility index (Phi) is 1.65. The minimum atomic E-state index is 0.804. The fraction of sp³-hybridized carbons (Fsp3) is 0.250. The van der Waals surface area contributed by atoms with Gasteiger partial charge in [0.05, 0.1) is 17.5 Å². The van der Waals surface area contributed by atoms with Crippen molar-refractivity contribution in [1.29, 1.82) is 0 Å². The molecule has 2 aromatic rings. The van der Waals surface area contributed by atoms with Gasteiger partial charge in [-0.25, -0.2) is 9.97 Å². The Bertz CT molecular complexity index is 433. The van der Waals surface area contributed by atoms with Crippen LogP contribution in [0.15, 0.2) is 16.9 Å². The molecular formula is C8H8BrN3. The highest BCUT2D eigenvalue weighted by atomic mass is 79.9. The molecule has 0 aromatic carbocycles. The third-order valence-corrected chi connectivity index (χ3v) is 2.65. The third-order valence-electron chi connectivity index (χ3n) is 1.84. The predicted molar refractivity (Wildman–Crippen MR) is 50.9 cm³/mol. The summed E-state index contributed by atoms with van der Waals surface area (Å²) in [5, 5.41) is 0. The highest BCUT2D eigenvalue weighted by Gasteiger charge is 2.03. The summed E-state index contributed by atoms with van der Waals surface area (Å²) in [6, 6.07) is 2.03. The van der Waals surface area contributed by atoms with Crippen molar-refractivity contribution in [2.75, 3.05) is 0 Å².